The van der Waals surface area contributed by atoms with E-state index >= 15 is 0 Å². The van der Waals surface area contributed by atoms with Crippen LogP contribution in [0.25, 0.3) is 11.1 Å². The van der Waals surface area contributed by atoms with Crippen molar-refractivity contribution in [1.29, 1.82) is 0 Å². The van der Waals surface area contributed by atoms with Crippen molar-refractivity contribution in [2.75, 3.05) is 0 Å². The summed E-state index contributed by atoms with van der Waals surface area (Å²) in [4.78, 5) is 11.2. The van der Waals surface area contributed by atoms with Crippen LogP contribution in [0.3, 0.4) is 0 Å². The Balaban J connectivity index is 1.94. The van der Waals surface area contributed by atoms with Crippen molar-refractivity contribution >= 4 is 5.78 Å². The summed E-state index contributed by atoms with van der Waals surface area (Å²) in [5.41, 5.74) is 4.30. The van der Waals surface area contributed by atoms with Crippen LogP contribution in [0, 0.1) is 0 Å². The second-order valence-corrected chi connectivity index (χ2v) is 6.50. The van der Waals surface area contributed by atoms with Crippen LogP contribution in [0.15, 0.2) is 48.5 Å². The minimum atomic E-state index is -1.02. The Morgan fingerprint density at radius 3 is 1.96 bits per heavy atom. The van der Waals surface area contributed by atoms with Crippen LogP contribution in [0.1, 0.15) is 63.2 Å². The molecule has 0 aliphatic heterocycles. The largest absolute Gasteiger partial charge is 0.381 e. The lowest BCUT2D eigenvalue weighted by Gasteiger charge is -2.09. The van der Waals surface area contributed by atoms with Gasteiger partial charge in [0, 0.05) is 0 Å². The van der Waals surface area contributed by atoms with Crippen LogP contribution in [-0.4, -0.2) is 10.9 Å². The van der Waals surface area contributed by atoms with Gasteiger partial charge in [-0.2, -0.15) is 0 Å². The monoisotopic (exact) mass is 324 g/mol. The number of aliphatic hydroxyl groups is 1. The maximum atomic E-state index is 11.2. The van der Waals surface area contributed by atoms with Crippen LogP contribution >= 0.6 is 0 Å². The van der Waals surface area contributed by atoms with E-state index in [2.05, 4.69) is 31.2 Å². The fourth-order valence-electron chi connectivity index (χ4n) is 2.89. The van der Waals surface area contributed by atoms with Crippen LogP contribution < -0.4 is 0 Å². The molecule has 0 saturated carbocycles. The van der Waals surface area contributed by atoms with Gasteiger partial charge in [-0.25, -0.2) is 0 Å². The normalized spacial score (nSPS) is 12.1. The van der Waals surface area contributed by atoms with Crippen molar-refractivity contribution in [3.63, 3.8) is 0 Å². The number of benzene rings is 2. The molecule has 2 aromatic carbocycles. The molecule has 0 amide bonds. The van der Waals surface area contributed by atoms with E-state index in [-0.39, 0.29) is 5.78 Å². The lowest BCUT2D eigenvalue weighted by atomic mass is 9.98. The van der Waals surface area contributed by atoms with Gasteiger partial charge in [0.1, 0.15) is 6.10 Å². The lowest BCUT2D eigenvalue weighted by Crippen LogP contribution is -2.07. The highest BCUT2D eigenvalue weighted by Gasteiger charge is 2.12. The molecular formula is C22H28O2. The SMILES string of the molecule is CCCCCCCc1ccc(-c2ccc(C(O)C(C)=O)cc2)cc1. The zero-order valence-corrected chi connectivity index (χ0v) is 14.8. The van der Waals surface area contributed by atoms with Crippen molar-refractivity contribution in [2.24, 2.45) is 0 Å². The van der Waals surface area contributed by atoms with E-state index in [1.807, 2.05) is 24.3 Å². The van der Waals surface area contributed by atoms with E-state index in [1.165, 1.54) is 44.6 Å². The lowest BCUT2D eigenvalue weighted by molar-refractivity contribution is -0.125. The first-order chi connectivity index (χ1) is 11.6. The van der Waals surface area contributed by atoms with Gasteiger partial charge in [-0.15, -0.1) is 0 Å². The van der Waals surface area contributed by atoms with Gasteiger partial charge >= 0.3 is 0 Å². The smallest absolute Gasteiger partial charge is 0.162 e. The molecule has 1 unspecified atom stereocenters. The number of unbranched alkanes of at least 4 members (excludes halogenated alkanes) is 4. The Labute approximate surface area is 145 Å². The fourth-order valence-corrected chi connectivity index (χ4v) is 2.89. The van der Waals surface area contributed by atoms with Crippen LogP contribution in [-0.2, 0) is 11.2 Å². The molecule has 2 aromatic rings. The van der Waals surface area contributed by atoms with Gasteiger partial charge in [0.15, 0.2) is 5.78 Å². The van der Waals surface area contributed by atoms with Crippen molar-refractivity contribution in [3.05, 3.63) is 59.7 Å². The molecule has 0 heterocycles. The summed E-state index contributed by atoms with van der Waals surface area (Å²) >= 11 is 0. The topological polar surface area (TPSA) is 37.3 Å². The standard InChI is InChI=1S/C22H28O2/c1-3-4-5-6-7-8-18-9-11-19(12-10-18)20-13-15-21(16-14-20)22(24)17(2)23/h9-16,22,24H,3-8H2,1-2H3. The van der Waals surface area contributed by atoms with Crippen LogP contribution in [0.4, 0.5) is 0 Å². The number of carbonyl (C=O) groups is 1. The summed E-state index contributed by atoms with van der Waals surface area (Å²) in [6.07, 6.45) is 6.67. The highest BCUT2D eigenvalue weighted by molar-refractivity contribution is 5.81. The summed E-state index contributed by atoms with van der Waals surface area (Å²) in [5.74, 6) is -0.231. The minimum Gasteiger partial charge on any atom is -0.381 e. The fraction of sp³-hybridized carbons (Fsp3) is 0.409. The molecule has 0 spiro atoms. The van der Waals surface area contributed by atoms with Crippen molar-refractivity contribution in [2.45, 2.75) is 58.5 Å². The Morgan fingerprint density at radius 2 is 1.42 bits per heavy atom. The highest BCUT2D eigenvalue weighted by Crippen LogP contribution is 2.23. The van der Waals surface area contributed by atoms with Gasteiger partial charge in [-0.1, -0.05) is 81.1 Å². The molecule has 2 heteroatoms. The molecule has 2 rings (SSSR count). The predicted molar refractivity (Wildman–Crippen MR) is 100.0 cm³/mol. The Morgan fingerprint density at radius 1 is 0.875 bits per heavy atom. The second-order valence-electron chi connectivity index (χ2n) is 6.50. The van der Waals surface area contributed by atoms with Gasteiger partial charge < -0.3 is 5.11 Å². The molecular weight excluding hydrogens is 296 g/mol. The maximum Gasteiger partial charge on any atom is 0.162 e. The molecule has 0 saturated heterocycles. The molecule has 1 atom stereocenters. The molecule has 0 aromatic heterocycles. The molecule has 24 heavy (non-hydrogen) atoms. The number of carbonyl (C=O) groups excluding carboxylic acids is 1. The molecule has 0 aliphatic rings. The number of hydrogen-bond acceptors (Lipinski definition) is 2. The van der Waals surface area contributed by atoms with Gasteiger partial charge in [0.05, 0.1) is 0 Å². The molecule has 128 valence electrons. The van der Waals surface area contributed by atoms with E-state index < -0.39 is 6.10 Å². The number of hydrogen-bond donors (Lipinski definition) is 1. The van der Waals surface area contributed by atoms with Crippen molar-refractivity contribution < 1.29 is 9.90 Å². The molecule has 0 radical (unpaired) electrons. The van der Waals surface area contributed by atoms with E-state index in [0.717, 1.165) is 17.5 Å². The quantitative estimate of drug-likeness (QED) is 0.619. The van der Waals surface area contributed by atoms with Gasteiger partial charge in [-0.05, 0) is 42.0 Å². The zero-order chi connectivity index (χ0) is 17.4. The Kier molecular flexibility index (Phi) is 7.20. The third-order valence-corrected chi connectivity index (χ3v) is 4.47. The molecule has 1 N–H and O–H groups in total. The summed E-state index contributed by atoms with van der Waals surface area (Å²) in [6, 6.07) is 16.3. The van der Waals surface area contributed by atoms with Gasteiger partial charge in [0.25, 0.3) is 0 Å². The highest BCUT2D eigenvalue weighted by atomic mass is 16.3. The number of ketones is 1. The van der Waals surface area contributed by atoms with E-state index in [4.69, 9.17) is 0 Å². The summed E-state index contributed by atoms with van der Waals surface area (Å²) in [5, 5.41) is 9.78. The number of aliphatic hydroxyl groups excluding tert-OH is 1. The number of aryl methyl sites for hydroxylation is 1. The molecule has 0 aliphatic carbocycles. The second kappa shape index (κ2) is 9.39. The average molecular weight is 324 g/mol. The minimum absolute atomic E-state index is 0.231. The first-order valence-corrected chi connectivity index (χ1v) is 8.99. The zero-order valence-electron chi connectivity index (χ0n) is 14.8. The van der Waals surface area contributed by atoms with E-state index in [1.54, 1.807) is 0 Å². The first-order valence-electron chi connectivity index (χ1n) is 8.99. The summed E-state index contributed by atoms with van der Waals surface area (Å²) in [6.45, 7) is 3.64. The molecule has 0 bridgehead atoms. The summed E-state index contributed by atoms with van der Waals surface area (Å²) < 4.78 is 0. The third-order valence-electron chi connectivity index (χ3n) is 4.47. The predicted octanol–water partition coefficient (Wildman–Crippen LogP) is 5.49. The molecule has 0 fully saturated rings. The van der Waals surface area contributed by atoms with Crippen molar-refractivity contribution in [1.82, 2.24) is 0 Å². The number of Topliss-reactive ketones (excluding diaryl/α,β-unsaturated/α-hetero) is 1. The Hall–Kier alpha value is -1.93. The van der Waals surface area contributed by atoms with Crippen LogP contribution in [0.5, 0.6) is 0 Å². The third kappa shape index (κ3) is 5.31. The first kappa shape index (κ1) is 18.4. The Bertz CT molecular complexity index is 626. The van der Waals surface area contributed by atoms with Gasteiger partial charge in [-0.3, -0.25) is 4.79 Å². The average Bonchev–Trinajstić information content (AvgIpc) is 2.61. The van der Waals surface area contributed by atoms with Gasteiger partial charge in [0.2, 0.25) is 0 Å². The van der Waals surface area contributed by atoms with E-state index in [9.17, 15) is 9.90 Å². The van der Waals surface area contributed by atoms with Crippen molar-refractivity contribution in [3.8, 4) is 11.1 Å². The van der Waals surface area contributed by atoms with E-state index in [0.29, 0.717) is 5.56 Å². The summed E-state index contributed by atoms with van der Waals surface area (Å²) in [7, 11) is 0. The van der Waals surface area contributed by atoms with Crippen LogP contribution in [0.2, 0.25) is 0 Å². The molecule has 2 nitrogen and oxygen atoms in total. The number of rotatable bonds is 9. The maximum absolute atomic E-state index is 11.2.